The Kier molecular flexibility index (Phi) is 8.53. The lowest BCUT2D eigenvalue weighted by Crippen LogP contribution is -2.16. The smallest absolute Gasteiger partial charge is 0.160 e. The third-order valence-corrected chi connectivity index (χ3v) is 11.4. The second-order valence-corrected chi connectivity index (χ2v) is 15.4. The van der Waals surface area contributed by atoms with Gasteiger partial charge in [0.1, 0.15) is 0 Å². The summed E-state index contributed by atoms with van der Waals surface area (Å²) in [7, 11) is 0. The van der Waals surface area contributed by atoms with E-state index in [1.807, 2.05) is 0 Å². The third-order valence-electron chi connectivity index (χ3n) is 11.4. The average Bonchev–Trinajstić information content (AvgIpc) is 3.53. The second kappa shape index (κ2) is 14.2. The standard InChI is InChI=1S/C55H40N2/c1-55(2)50-29-16-15-26-47(50)48-27-17-28-49(53(48)55)54-56-51(45-32-41(37-18-7-3-8-19-37)30-42(33-45)38-20-9-4-10-21-38)36-52(57-54)46-34-43(39-22-11-5-12-23-39)31-44(35-46)40-24-13-6-14-25-40/h3-36H,1-2H3. The molecule has 1 aromatic heterocycles. The van der Waals surface area contributed by atoms with Gasteiger partial charge in [0.15, 0.2) is 5.82 Å². The van der Waals surface area contributed by atoms with Crippen LogP contribution in [-0.4, -0.2) is 9.97 Å². The minimum Gasteiger partial charge on any atom is -0.228 e. The fourth-order valence-corrected chi connectivity index (χ4v) is 8.64. The molecular formula is C55H40N2. The van der Waals surface area contributed by atoms with Crippen molar-refractivity contribution in [2.45, 2.75) is 19.3 Å². The van der Waals surface area contributed by atoms with Crippen LogP contribution in [0.15, 0.2) is 206 Å². The van der Waals surface area contributed by atoms with Crippen molar-refractivity contribution in [3.05, 3.63) is 217 Å². The van der Waals surface area contributed by atoms with Crippen molar-refractivity contribution in [2.75, 3.05) is 0 Å². The van der Waals surface area contributed by atoms with Crippen LogP contribution in [0.1, 0.15) is 25.0 Å². The minimum atomic E-state index is -0.233. The van der Waals surface area contributed by atoms with Gasteiger partial charge in [-0.3, -0.25) is 0 Å². The number of aromatic nitrogens is 2. The van der Waals surface area contributed by atoms with Crippen molar-refractivity contribution in [1.82, 2.24) is 9.97 Å². The number of benzene rings is 8. The summed E-state index contributed by atoms with van der Waals surface area (Å²) in [5.74, 6) is 0.720. The Bertz CT molecular complexity index is 2640. The predicted molar refractivity (Wildman–Crippen MR) is 238 cm³/mol. The molecule has 0 saturated heterocycles. The molecule has 2 heteroatoms. The zero-order chi connectivity index (χ0) is 38.3. The van der Waals surface area contributed by atoms with Crippen LogP contribution in [0.2, 0.25) is 0 Å². The molecule has 1 aliphatic rings. The number of hydrogen-bond acceptors (Lipinski definition) is 2. The lowest BCUT2D eigenvalue weighted by molar-refractivity contribution is 0.661. The van der Waals surface area contributed by atoms with Crippen molar-refractivity contribution >= 4 is 0 Å². The van der Waals surface area contributed by atoms with E-state index in [1.54, 1.807) is 0 Å². The van der Waals surface area contributed by atoms with Crippen LogP contribution in [0, 0.1) is 0 Å². The molecule has 0 fully saturated rings. The van der Waals surface area contributed by atoms with E-state index in [2.05, 4.69) is 220 Å². The summed E-state index contributed by atoms with van der Waals surface area (Å²) in [6.45, 7) is 4.66. The molecule has 270 valence electrons. The van der Waals surface area contributed by atoms with Crippen LogP contribution >= 0.6 is 0 Å². The Morgan fingerprint density at radius 3 is 1.09 bits per heavy atom. The fraction of sp³-hybridized carbons (Fsp3) is 0.0545. The van der Waals surface area contributed by atoms with Gasteiger partial charge in [-0.2, -0.15) is 0 Å². The van der Waals surface area contributed by atoms with Gasteiger partial charge in [0.05, 0.1) is 11.4 Å². The highest BCUT2D eigenvalue weighted by molar-refractivity contribution is 5.89. The second-order valence-electron chi connectivity index (χ2n) is 15.4. The minimum absolute atomic E-state index is 0.233. The van der Waals surface area contributed by atoms with Crippen LogP contribution < -0.4 is 0 Å². The van der Waals surface area contributed by atoms with Crippen molar-refractivity contribution < 1.29 is 0 Å². The van der Waals surface area contributed by atoms with Crippen molar-refractivity contribution in [3.63, 3.8) is 0 Å². The van der Waals surface area contributed by atoms with E-state index in [1.165, 1.54) is 22.3 Å². The van der Waals surface area contributed by atoms with E-state index >= 15 is 0 Å². The van der Waals surface area contributed by atoms with Gasteiger partial charge in [0.2, 0.25) is 0 Å². The maximum absolute atomic E-state index is 5.52. The van der Waals surface area contributed by atoms with Crippen LogP contribution in [0.25, 0.3) is 89.5 Å². The Hall–Kier alpha value is -7.16. The molecule has 57 heavy (non-hydrogen) atoms. The molecule has 10 rings (SSSR count). The lowest BCUT2D eigenvalue weighted by Gasteiger charge is -2.24. The van der Waals surface area contributed by atoms with Crippen LogP contribution in [-0.2, 0) is 5.41 Å². The van der Waals surface area contributed by atoms with Crippen LogP contribution in [0.4, 0.5) is 0 Å². The summed E-state index contributed by atoms with van der Waals surface area (Å²) in [5, 5.41) is 0. The Labute approximate surface area is 334 Å². The first kappa shape index (κ1) is 34.3. The molecule has 0 atom stereocenters. The zero-order valence-electron chi connectivity index (χ0n) is 32.0. The summed E-state index contributed by atoms with van der Waals surface area (Å²) >= 11 is 0. The van der Waals surface area contributed by atoms with Gasteiger partial charge < -0.3 is 0 Å². The van der Waals surface area contributed by atoms with E-state index in [0.717, 1.165) is 78.4 Å². The quantitative estimate of drug-likeness (QED) is 0.163. The molecule has 9 aromatic rings. The molecule has 0 amide bonds. The molecule has 0 bridgehead atoms. The first-order valence-electron chi connectivity index (χ1n) is 19.6. The van der Waals surface area contributed by atoms with Crippen molar-refractivity contribution in [1.29, 1.82) is 0 Å². The number of nitrogens with zero attached hydrogens (tertiary/aromatic N) is 2. The zero-order valence-corrected chi connectivity index (χ0v) is 32.0. The molecule has 8 aromatic carbocycles. The Morgan fingerprint density at radius 1 is 0.298 bits per heavy atom. The largest absolute Gasteiger partial charge is 0.228 e. The molecule has 1 aliphatic carbocycles. The highest BCUT2D eigenvalue weighted by Gasteiger charge is 2.38. The summed E-state index contributed by atoms with van der Waals surface area (Å²) < 4.78 is 0. The predicted octanol–water partition coefficient (Wildman–Crippen LogP) is 14.5. The highest BCUT2D eigenvalue weighted by Crippen LogP contribution is 2.52. The molecule has 0 saturated carbocycles. The Balaban J connectivity index is 1.25. The first-order valence-corrected chi connectivity index (χ1v) is 19.6. The van der Waals surface area contributed by atoms with Gasteiger partial charge in [-0.25, -0.2) is 9.97 Å². The van der Waals surface area contributed by atoms with E-state index in [4.69, 9.17) is 9.97 Å². The topological polar surface area (TPSA) is 25.8 Å². The molecule has 0 N–H and O–H groups in total. The van der Waals surface area contributed by atoms with Crippen LogP contribution in [0.3, 0.4) is 0 Å². The van der Waals surface area contributed by atoms with E-state index in [0.29, 0.717) is 0 Å². The number of rotatable bonds is 7. The summed E-state index contributed by atoms with van der Waals surface area (Å²) in [4.78, 5) is 11.0. The van der Waals surface area contributed by atoms with Gasteiger partial charge in [0, 0.05) is 22.1 Å². The number of fused-ring (bicyclic) bond motifs is 3. The van der Waals surface area contributed by atoms with Gasteiger partial charge in [-0.05, 0) is 109 Å². The lowest BCUT2D eigenvalue weighted by atomic mass is 9.80. The first-order chi connectivity index (χ1) is 28.0. The molecule has 1 heterocycles. The molecular weight excluding hydrogens is 689 g/mol. The molecule has 0 aliphatic heterocycles. The fourth-order valence-electron chi connectivity index (χ4n) is 8.64. The van der Waals surface area contributed by atoms with Crippen LogP contribution in [0.5, 0.6) is 0 Å². The van der Waals surface area contributed by atoms with E-state index in [9.17, 15) is 0 Å². The Morgan fingerprint density at radius 2 is 0.649 bits per heavy atom. The molecule has 0 spiro atoms. The molecule has 0 radical (unpaired) electrons. The molecule has 0 unspecified atom stereocenters. The van der Waals surface area contributed by atoms with E-state index < -0.39 is 0 Å². The normalized spacial score (nSPS) is 12.5. The maximum Gasteiger partial charge on any atom is 0.160 e. The third kappa shape index (κ3) is 6.36. The van der Waals surface area contributed by atoms with Gasteiger partial charge in [-0.1, -0.05) is 178 Å². The van der Waals surface area contributed by atoms with Crippen molar-refractivity contribution in [2.24, 2.45) is 0 Å². The van der Waals surface area contributed by atoms with Gasteiger partial charge >= 0.3 is 0 Å². The maximum atomic E-state index is 5.52. The van der Waals surface area contributed by atoms with Gasteiger partial charge in [-0.15, -0.1) is 0 Å². The van der Waals surface area contributed by atoms with E-state index in [-0.39, 0.29) is 5.41 Å². The van der Waals surface area contributed by atoms with Crippen molar-refractivity contribution in [3.8, 4) is 89.5 Å². The summed E-state index contributed by atoms with van der Waals surface area (Å²) in [5.41, 5.74) is 19.0. The number of hydrogen-bond donors (Lipinski definition) is 0. The summed E-state index contributed by atoms with van der Waals surface area (Å²) in [6, 6.07) is 73.8. The highest BCUT2D eigenvalue weighted by atomic mass is 14.9. The average molecular weight is 729 g/mol. The monoisotopic (exact) mass is 728 g/mol. The summed E-state index contributed by atoms with van der Waals surface area (Å²) in [6.07, 6.45) is 0. The molecule has 2 nitrogen and oxygen atoms in total. The SMILES string of the molecule is CC1(C)c2ccccc2-c2cccc(-c3nc(-c4cc(-c5ccccc5)cc(-c5ccccc5)c4)cc(-c4cc(-c5ccccc5)cc(-c5ccccc5)c4)n3)c21. The van der Waals surface area contributed by atoms with Gasteiger partial charge in [0.25, 0.3) is 0 Å².